The lowest BCUT2D eigenvalue weighted by Gasteiger charge is -2.33. The average Bonchev–Trinajstić information content (AvgIpc) is 2.70. The standard InChI is InChI=1S/C9H13N3OS/c1-7-4-10-2-3-12(7)9(13)8-5-14-6-11-8/h5-7,10H,2-4H2,1H3/t7-/m1/s1. The van der Waals surface area contributed by atoms with Crippen molar-refractivity contribution >= 4 is 17.2 Å². The van der Waals surface area contributed by atoms with Gasteiger partial charge in [0.15, 0.2) is 0 Å². The van der Waals surface area contributed by atoms with Gasteiger partial charge in [0.2, 0.25) is 0 Å². The van der Waals surface area contributed by atoms with Gasteiger partial charge in [0.05, 0.1) is 5.51 Å². The Hall–Kier alpha value is -0.940. The molecule has 0 unspecified atom stereocenters. The van der Waals surface area contributed by atoms with Gasteiger partial charge in [-0.3, -0.25) is 4.79 Å². The first-order valence-electron chi connectivity index (χ1n) is 4.69. The summed E-state index contributed by atoms with van der Waals surface area (Å²) in [5.74, 6) is 0.0558. The number of aromatic nitrogens is 1. The van der Waals surface area contributed by atoms with E-state index in [9.17, 15) is 4.79 Å². The van der Waals surface area contributed by atoms with E-state index in [1.807, 2.05) is 4.90 Å². The number of rotatable bonds is 1. The minimum atomic E-state index is 0.0558. The minimum Gasteiger partial charge on any atom is -0.332 e. The zero-order valence-electron chi connectivity index (χ0n) is 8.06. The van der Waals surface area contributed by atoms with Gasteiger partial charge in [-0.1, -0.05) is 0 Å². The minimum absolute atomic E-state index is 0.0558. The first kappa shape index (κ1) is 9.61. The van der Waals surface area contributed by atoms with Crippen LogP contribution < -0.4 is 5.32 Å². The van der Waals surface area contributed by atoms with Gasteiger partial charge in [0.1, 0.15) is 5.69 Å². The second kappa shape index (κ2) is 4.06. The van der Waals surface area contributed by atoms with Crippen molar-refractivity contribution in [1.82, 2.24) is 15.2 Å². The fourth-order valence-electron chi connectivity index (χ4n) is 1.61. The number of nitrogens with zero attached hydrogens (tertiary/aromatic N) is 2. The van der Waals surface area contributed by atoms with Gasteiger partial charge in [-0.25, -0.2) is 4.98 Å². The fraction of sp³-hybridized carbons (Fsp3) is 0.556. The Morgan fingerprint density at radius 2 is 2.64 bits per heavy atom. The number of amides is 1. The topological polar surface area (TPSA) is 45.2 Å². The number of nitrogens with one attached hydrogen (secondary N) is 1. The summed E-state index contributed by atoms with van der Waals surface area (Å²) in [4.78, 5) is 17.8. The van der Waals surface area contributed by atoms with Gasteiger partial charge in [0, 0.05) is 31.1 Å². The molecule has 1 amide bonds. The molecule has 0 radical (unpaired) electrons. The van der Waals surface area contributed by atoms with Crippen LogP contribution in [0, 0.1) is 0 Å². The molecule has 0 bridgehead atoms. The molecular weight excluding hydrogens is 198 g/mol. The predicted octanol–water partition coefficient (Wildman–Crippen LogP) is 0.577. The van der Waals surface area contributed by atoms with Gasteiger partial charge in [-0.2, -0.15) is 0 Å². The lowest BCUT2D eigenvalue weighted by atomic mass is 10.2. The van der Waals surface area contributed by atoms with Crippen LogP contribution in [0.3, 0.4) is 0 Å². The molecule has 1 aromatic rings. The van der Waals surface area contributed by atoms with Crippen LogP contribution in [0.4, 0.5) is 0 Å². The van der Waals surface area contributed by atoms with E-state index in [0.29, 0.717) is 5.69 Å². The second-order valence-electron chi connectivity index (χ2n) is 3.43. The number of hydrogen-bond acceptors (Lipinski definition) is 4. The third kappa shape index (κ3) is 1.78. The number of carbonyl (C=O) groups excluding carboxylic acids is 1. The Bertz CT molecular complexity index is 312. The van der Waals surface area contributed by atoms with E-state index >= 15 is 0 Å². The van der Waals surface area contributed by atoms with E-state index < -0.39 is 0 Å². The monoisotopic (exact) mass is 211 g/mol. The molecule has 14 heavy (non-hydrogen) atoms. The third-order valence-corrected chi connectivity index (χ3v) is 3.00. The normalized spacial score (nSPS) is 22.4. The van der Waals surface area contributed by atoms with Gasteiger partial charge >= 0.3 is 0 Å². The van der Waals surface area contributed by atoms with Crippen molar-refractivity contribution in [2.75, 3.05) is 19.6 Å². The average molecular weight is 211 g/mol. The largest absolute Gasteiger partial charge is 0.332 e. The predicted molar refractivity (Wildman–Crippen MR) is 55.5 cm³/mol. The Morgan fingerprint density at radius 3 is 3.29 bits per heavy atom. The summed E-state index contributed by atoms with van der Waals surface area (Å²) in [6.07, 6.45) is 0. The molecule has 0 aliphatic carbocycles. The number of piperazine rings is 1. The van der Waals surface area contributed by atoms with Gasteiger partial charge in [-0.15, -0.1) is 11.3 Å². The molecule has 76 valence electrons. The van der Waals surface area contributed by atoms with Crippen molar-refractivity contribution in [2.45, 2.75) is 13.0 Å². The maximum atomic E-state index is 11.9. The molecule has 2 heterocycles. The molecule has 1 N–H and O–H groups in total. The summed E-state index contributed by atoms with van der Waals surface area (Å²) in [7, 11) is 0. The summed E-state index contributed by atoms with van der Waals surface area (Å²) in [5.41, 5.74) is 2.27. The number of thiazole rings is 1. The van der Waals surface area contributed by atoms with Crippen LogP contribution in [0.5, 0.6) is 0 Å². The first-order valence-corrected chi connectivity index (χ1v) is 5.63. The smallest absolute Gasteiger partial charge is 0.273 e. The first-order chi connectivity index (χ1) is 6.79. The van der Waals surface area contributed by atoms with E-state index in [1.165, 1.54) is 11.3 Å². The summed E-state index contributed by atoms with van der Waals surface area (Å²) in [5, 5.41) is 5.06. The van der Waals surface area contributed by atoms with Crippen LogP contribution in [0.25, 0.3) is 0 Å². The summed E-state index contributed by atoms with van der Waals surface area (Å²) in [6.45, 7) is 4.57. The van der Waals surface area contributed by atoms with Crippen molar-refractivity contribution in [3.05, 3.63) is 16.6 Å². The summed E-state index contributed by atoms with van der Waals surface area (Å²) >= 11 is 1.46. The molecule has 4 nitrogen and oxygen atoms in total. The van der Waals surface area contributed by atoms with E-state index in [2.05, 4.69) is 17.2 Å². The van der Waals surface area contributed by atoms with E-state index in [4.69, 9.17) is 0 Å². The molecule has 0 spiro atoms. The molecule has 1 aliphatic heterocycles. The molecule has 1 fully saturated rings. The van der Waals surface area contributed by atoms with E-state index in [1.54, 1.807) is 10.9 Å². The molecular formula is C9H13N3OS. The Labute approximate surface area is 86.9 Å². The summed E-state index contributed by atoms with van der Waals surface area (Å²) < 4.78 is 0. The Kier molecular flexibility index (Phi) is 2.79. The van der Waals surface area contributed by atoms with Crippen molar-refractivity contribution in [3.63, 3.8) is 0 Å². The highest BCUT2D eigenvalue weighted by Crippen LogP contribution is 2.10. The van der Waals surface area contributed by atoms with Crippen LogP contribution >= 0.6 is 11.3 Å². The Balaban J connectivity index is 2.10. The van der Waals surface area contributed by atoms with Gasteiger partial charge in [-0.05, 0) is 6.92 Å². The lowest BCUT2D eigenvalue weighted by molar-refractivity contribution is 0.0650. The molecule has 1 aliphatic rings. The molecule has 2 rings (SSSR count). The zero-order valence-corrected chi connectivity index (χ0v) is 8.88. The van der Waals surface area contributed by atoms with E-state index in [0.717, 1.165) is 19.6 Å². The van der Waals surface area contributed by atoms with Gasteiger partial charge in [0.25, 0.3) is 5.91 Å². The maximum Gasteiger partial charge on any atom is 0.273 e. The molecule has 0 saturated carbocycles. The van der Waals surface area contributed by atoms with Crippen molar-refractivity contribution in [2.24, 2.45) is 0 Å². The Morgan fingerprint density at radius 1 is 1.79 bits per heavy atom. The number of carbonyl (C=O) groups is 1. The van der Waals surface area contributed by atoms with Crippen LogP contribution in [-0.2, 0) is 0 Å². The van der Waals surface area contributed by atoms with Crippen LogP contribution in [0.2, 0.25) is 0 Å². The highest BCUT2D eigenvalue weighted by atomic mass is 32.1. The van der Waals surface area contributed by atoms with Crippen molar-refractivity contribution in [1.29, 1.82) is 0 Å². The molecule has 1 atom stereocenters. The van der Waals surface area contributed by atoms with Crippen LogP contribution in [0.15, 0.2) is 10.9 Å². The van der Waals surface area contributed by atoms with Crippen LogP contribution in [-0.4, -0.2) is 41.5 Å². The number of hydrogen-bond donors (Lipinski definition) is 1. The van der Waals surface area contributed by atoms with Crippen molar-refractivity contribution in [3.8, 4) is 0 Å². The molecule has 0 aromatic carbocycles. The SMILES string of the molecule is C[C@@H]1CNCCN1C(=O)c1cscn1. The molecule has 5 heteroatoms. The van der Waals surface area contributed by atoms with E-state index in [-0.39, 0.29) is 11.9 Å². The second-order valence-corrected chi connectivity index (χ2v) is 4.14. The maximum absolute atomic E-state index is 11.9. The van der Waals surface area contributed by atoms with Crippen LogP contribution in [0.1, 0.15) is 17.4 Å². The quantitative estimate of drug-likeness (QED) is 0.739. The third-order valence-electron chi connectivity index (χ3n) is 2.41. The van der Waals surface area contributed by atoms with Gasteiger partial charge < -0.3 is 10.2 Å². The molecule has 1 saturated heterocycles. The highest BCUT2D eigenvalue weighted by molar-refractivity contribution is 7.07. The summed E-state index contributed by atoms with van der Waals surface area (Å²) in [6, 6.07) is 0.262. The van der Waals surface area contributed by atoms with Crippen molar-refractivity contribution < 1.29 is 4.79 Å². The zero-order chi connectivity index (χ0) is 9.97. The molecule has 1 aromatic heterocycles. The highest BCUT2D eigenvalue weighted by Gasteiger charge is 2.24. The fourth-order valence-corrected chi connectivity index (χ4v) is 2.13. The lowest BCUT2D eigenvalue weighted by Crippen LogP contribution is -2.52.